The highest BCUT2D eigenvalue weighted by molar-refractivity contribution is 8.03. The summed E-state index contributed by atoms with van der Waals surface area (Å²) in [6.45, 7) is 10.7. The third-order valence-corrected chi connectivity index (χ3v) is 8.84. The van der Waals surface area contributed by atoms with Gasteiger partial charge in [0.2, 0.25) is 0 Å². The number of hydrogen-bond acceptors (Lipinski definition) is 4. The van der Waals surface area contributed by atoms with Gasteiger partial charge in [0.25, 0.3) is 0 Å². The van der Waals surface area contributed by atoms with E-state index in [1.807, 2.05) is 23.9 Å². The molecule has 2 aliphatic carbocycles. The Morgan fingerprint density at radius 2 is 1.42 bits per heavy atom. The van der Waals surface area contributed by atoms with Crippen LogP contribution in [0.15, 0.2) is 48.1 Å². The number of nitrogens with one attached hydrogen (secondary N) is 1. The highest BCUT2D eigenvalue weighted by Gasteiger charge is 2.28. The molecule has 3 aliphatic rings. The smallest absolute Gasteiger partial charge is 0.160 e. The zero-order valence-electron chi connectivity index (χ0n) is 20.8. The number of rotatable bonds is 9. The Bertz CT molecular complexity index is 630. The molecule has 2 saturated carbocycles. The molecule has 186 valence electrons. The molecule has 1 N–H and O–H groups in total. The van der Waals surface area contributed by atoms with Crippen molar-refractivity contribution in [1.29, 1.82) is 0 Å². The highest BCUT2D eigenvalue weighted by Crippen LogP contribution is 2.35. The van der Waals surface area contributed by atoms with E-state index in [0.717, 1.165) is 31.4 Å². The minimum absolute atomic E-state index is 0.0326. The summed E-state index contributed by atoms with van der Waals surface area (Å²) < 4.78 is 11.7. The molecule has 0 amide bonds. The van der Waals surface area contributed by atoms with Gasteiger partial charge < -0.3 is 14.8 Å². The first kappa shape index (κ1) is 26.6. The lowest BCUT2D eigenvalue weighted by atomic mass is 9.91. The molecule has 4 heteroatoms. The summed E-state index contributed by atoms with van der Waals surface area (Å²) in [5.74, 6) is 1.35. The molecule has 1 saturated heterocycles. The van der Waals surface area contributed by atoms with Gasteiger partial charge in [-0.2, -0.15) is 0 Å². The summed E-state index contributed by atoms with van der Waals surface area (Å²) in [6, 6.07) is 0. The molecule has 0 bridgehead atoms. The molecule has 3 fully saturated rings. The molecule has 0 aromatic rings. The van der Waals surface area contributed by atoms with Gasteiger partial charge in [0.15, 0.2) is 6.29 Å². The van der Waals surface area contributed by atoms with Crippen molar-refractivity contribution in [2.75, 3.05) is 19.8 Å². The van der Waals surface area contributed by atoms with E-state index >= 15 is 0 Å². The van der Waals surface area contributed by atoms with E-state index in [4.69, 9.17) is 9.47 Å². The van der Waals surface area contributed by atoms with Crippen molar-refractivity contribution < 1.29 is 9.47 Å². The van der Waals surface area contributed by atoms with Crippen LogP contribution in [-0.4, -0.2) is 31.3 Å². The van der Waals surface area contributed by atoms with Gasteiger partial charge in [-0.15, -0.1) is 11.8 Å². The topological polar surface area (TPSA) is 30.5 Å². The van der Waals surface area contributed by atoms with Gasteiger partial charge in [0.1, 0.15) is 0 Å². The van der Waals surface area contributed by atoms with Crippen LogP contribution in [-0.2, 0) is 9.47 Å². The molecule has 1 aliphatic heterocycles. The molecule has 2 unspecified atom stereocenters. The van der Waals surface area contributed by atoms with Crippen molar-refractivity contribution in [3.63, 3.8) is 0 Å². The van der Waals surface area contributed by atoms with E-state index < -0.39 is 0 Å². The molecule has 0 aromatic heterocycles. The fourth-order valence-electron chi connectivity index (χ4n) is 5.41. The third-order valence-electron chi connectivity index (χ3n) is 7.46. The monoisotopic (exact) mass is 473 g/mol. The van der Waals surface area contributed by atoms with Crippen LogP contribution in [0.4, 0.5) is 0 Å². The van der Waals surface area contributed by atoms with Gasteiger partial charge >= 0.3 is 0 Å². The molecule has 1 heterocycles. The third kappa shape index (κ3) is 10.0. The van der Waals surface area contributed by atoms with E-state index in [1.165, 1.54) is 94.8 Å². The second-order valence-electron chi connectivity index (χ2n) is 10.0. The average Bonchev–Trinajstić information content (AvgIpc) is 3.37. The van der Waals surface area contributed by atoms with Crippen LogP contribution in [0.2, 0.25) is 0 Å². The first-order chi connectivity index (χ1) is 16.3. The van der Waals surface area contributed by atoms with Gasteiger partial charge in [0, 0.05) is 28.3 Å². The lowest BCUT2D eigenvalue weighted by Crippen LogP contribution is -2.22. The minimum atomic E-state index is 0.0326. The predicted octanol–water partition coefficient (Wildman–Crippen LogP) is 7.91. The second kappa shape index (κ2) is 15.8. The largest absolute Gasteiger partial charge is 0.385 e. The summed E-state index contributed by atoms with van der Waals surface area (Å²) in [5, 5.41) is 4.30. The normalized spacial score (nSPS) is 27.6. The van der Waals surface area contributed by atoms with Gasteiger partial charge in [-0.25, -0.2) is 0 Å². The zero-order chi connectivity index (χ0) is 23.1. The molecule has 0 aromatic carbocycles. The van der Waals surface area contributed by atoms with Crippen molar-refractivity contribution in [3.8, 4) is 0 Å². The van der Waals surface area contributed by atoms with Gasteiger partial charge in [0.05, 0.1) is 13.2 Å². The lowest BCUT2D eigenvalue weighted by molar-refractivity contribution is -0.0881. The maximum absolute atomic E-state index is 5.84. The van der Waals surface area contributed by atoms with Crippen molar-refractivity contribution in [2.24, 2.45) is 11.8 Å². The van der Waals surface area contributed by atoms with Crippen LogP contribution in [0.3, 0.4) is 0 Å². The Kier molecular flexibility index (Phi) is 12.8. The summed E-state index contributed by atoms with van der Waals surface area (Å²) >= 11 is 2.00. The number of allylic oxidation sites excluding steroid dienone is 4. The molecule has 0 radical (unpaired) electrons. The fraction of sp³-hybridized carbons (Fsp3) is 0.724. The Balaban J connectivity index is 1.51. The molecule has 0 spiro atoms. The Morgan fingerprint density at radius 1 is 0.758 bits per heavy atom. The molecule has 2 atom stereocenters. The Labute approximate surface area is 207 Å². The number of ether oxygens (including phenoxy) is 2. The van der Waals surface area contributed by atoms with Crippen molar-refractivity contribution in [2.45, 2.75) is 101 Å². The molecular formula is C29H47NO2S. The van der Waals surface area contributed by atoms with Crippen molar-refractivity contribution in [3.05, 3.63) is 48.1 Å². The van der Waals surface area contributed by atoms with Crippen LogP contribution >= 0.6 is 11.8 Å². The summed E-state index contributed by atoms with van der Waals surface area (Å²) in [6.07, 6.45) is 27.0. The molecule has 33 heavy (non-hydrogen) atoms. The van der Waals surface area contributed by atoms with Crippen LogP contribution in [0.1, 0.15) is 89.9 Å². The minimum Gasteiger partial charge on any atom is -0.385 e. The SMILES string of the molecule is C=C/C(=C\C=C(/C=C)SC1CCCCCC(C2OCCO2)CC1)NCC1CCCCCCC1. The van der Waals surface area contributed by atoms with Crippen molar-refractivity contribution in [1.82, 2.24) is 5.32 Å². The van der Waals surface area contributed by atoms with E-state index in [9.17, 15) is 0 Å². The standard InChI is InChI=1S/C29H47NO2S/c1-3-26(30-23-24-13-9-6-5-7-10-14-24)18-20-27(4-2)33-28-16-12-8-11-15-25(17-19-28)29-31-21-22-32-29/h3-4,18,20,24-25,28-30H,1-2,5-17,19,21-23H2/b26-18+,27-20+. The Morgan fingerprint density at radius 3 is 2.15 bits per heavy atom. The molecule has 3 nitrogen and oxygen atoms in total. The summed E-state index contributed by atoms with van der Waals surface area (Å²) in [5.41, 5.74) is 1.13. The first-order valence-corrected chi connectivity index (χ1v) is 14.5. The summed E-state index contributed by atoms with van der Waals surface area (Å²) in [4.78, 5) is 1.26. The maximum atomic E-state index is 5.84. The number of hydrogen-bond donors (Lipinski definition) is 1. The quantitative estimate of drug-likeness (QED) is 0.345. The lowest BCUT2D eigenvalue weighted by Gasteiger charge is -2.23. The predicted molar refractivity (Wildman–Crippen MR) is 143 cm³/mol. The summed E-state index contributed by atoms with van der Waals surface area (Å²) in [7, 11) is 0. The van der Waals surface area contributed by atoms with Gasteiger partial charge in [-0.1, -0.05) is 70.6 Å². The number of thioether (sulfide) groups is 1. The van der Waals surface area contributed by atoms with Crippen LogP contribution in [0, 0.1) is 11.8 Å². The maximum Gasteiger partial charge on any atom is 0.160 e. The van der Waals surface area contributed by atoms with E-state index in [1.54, 1.807) is 0 Å². The fourth-order valence-corrected chi connectivity index (χ4v) is 6.57. The van der Waals surface area contributed by atoms with E-state index in [-0.39, 0.29) is 6.29 Å². The molecule has 3 rings (SSSR count). The van der Waals surface area contributed by atoms with Crippen LogP contribution in [0.25, 0.3) is 0 Å². The van der Waals surface area contributed by atoms with Crippen molar-refractivity contribution >= 4 is 11.8 Å². The van der Waals surface area contributed by atoms with Crippen LogP contribution < -0.4 is 5.32 Å². The highest BCUT2D eigenvalue weighted by atomic mass is 32.2. The Hall–Kier alpha value is -0.970. The van der Waals surface area contributed by atoms with E-state index in [0.29, 0.717) is 11.2 Å². The van der Waals surface area contributed by atoms with Gasteiger partial charge in [-0.05, 0) is 62.7 Å². The van der Waals surface area contributed by atoms with Crippen LogP contribution in [0.5, 0.6) is 0 Å². The molecular weight excluding hydrogens is 426 g/mol. The first-order valence-electron chi connectivity index (χ1n) is 13.6. The van der Waals surface area contributed by atoms with Gasteiger partial charge in [-0.3, -0.25) is 0 Å². The van der Waals surface area contributed by atoms with E-state index in [2.05, 4.69) is 30.6 Å². The average molecular weight is 474 g/mol. The zero-order valence-corrected chi connectivity index (χ0v) is 21.6. The second-order valence-corrected chi connectivity index (χ2v) is 11.4.